The molecule has 5 rings (SSSR count). The van der Waals surface area contributed by atoms with Crippen molar-refractivity contribution in [3.05, 3.63) is 101 Å². The average Bonchev–Trinajstić information content (AvgIpc) is 3.43. The Kier molecular flexibility index (Phi) is 5.32. The number of fused-ring (bicyclic) bond motifs is 1. The molecular weight excluding hydrogens is 436 g/mol. The van der Waals surface area contributed by atoms with Crippen LogP contribution in [0, 0.1) is 6.92 Å². The van der Waals surface area contributed by atoms with Gasteiger partial charge in [0.2, 0.25) is 0 Å². The predicted molar refractivity (Wildman–Crippen MR) is 126 cm³/mol. The number of nitrogens with zero attached hydrogens (tertiary/aromatic N) is 1. The molecule has 2 heterocycles. The fourth-order valence-electron chi connectivity index (χ4n) is 4.01. The van der Waals surface area contributed by atoms with Crippen molar-refractivity contribution in [2.45, 2.75) is 23.7 Å². The van der Waals surface area contributed by atoms with E-state index in [1.54, 1.807) is 30.3 Å². The molecule has 1 unspecified atom stereocenters. The van der Waals surface area contributed by atoms with Crippen molar-refractivity contribution in [2.75, 3.05) is 5.32 Å². The number of carbonyl (C=O) groups is 1. The number of nitrogens with one attached hydrogen (secondary N) is 3. The Morgan fingerprint density at radius 3 is 2.42 bits per heavy atom. The van der Waals surface area contributed by atoms with Crippen molar-refractivity contribution in [3.63, 3.8) is 0 Å². The Balaban J connectivity index is 1.40. The van der Waals surface area contributed by atoms with Crippen molar-refractivity contribution < 1.29 is 13.2 Å². The summed E-state index contributed by atoms with van der Waals surface area (Å²) in [5.41, 5.74) is 4.47. The largest absolute Gasteiger partial charge is 0.305 e. The summed E-state index contributed by atoms with van der Waals surface area (Å²) in [4.78, 5) is 13.1. The SMILES string of the molecule is Cc1cccc(S(=O)(=O)C2NCc3[nH]nc(NC(=O)c4ccc(-c5ccccc5)cc4)c32)c1. The van der Waals surface area contributed by atoms with Crippen LogP contribution in [0.3, 0.4) is 0 Å². The summed E-state index contributed by atoms with van der Waals surface area (Å²) in [5, 5.41) is 11.8. The lowest BCUT2D eigenvalue weighted by molar-refractivity contribution is 0.102. The van der Waals surface area contributed by atoms with Crippen molar-refractivity contribution in [1.82, 2.24) is 15.5 Å². The number of rotatable bonds is 5. The molecule has 4 aromatic rings. The number of aryl methyl sites for hydroxylation is 1. The Labute approximate surface area is 191 Å². The van der Waals surface area contributed by atoms with Gasteiger partial charge in [-0.05, 0) is 47.9 Å². The minimum absolute atomic E-state index is 0.216. The summed E-state index contributed by atoms with van der Waals surface area (Å²) >= 11 is 0. The Morgan fingerprint density at radius 2 is 1.70 bits per heavy atom. The summed E-state index contributed by atoms with van der Waals surface area (Å²) in [7, 11) is -3.73. The number of benzene rings is 3. The number of aromatic amines is 1. The first kappa shape index (κ1) is 21.1. The van der Waals surface area contributed by atoms with Crippen LogP contribution in [-0.4, -0.2) is 24.5 Å². The third kappa shape index (κ3) is 3.94. The Hall–Kier alpha value is -3.75. The fraction of sp³-hybridized carbons (Fsp3) is 0.120. The molecule has 166 valence electrons. The maximum absolute atomic E-state index is 13.3. The first-order valence-electron chi connectivity index (χ1n) is 10.5. The molecule has 1 aliphatic heterocycles. The van der Waals surface area contributed by atoms with E-state index >= 15 is 0 Å². The third-order valence-electron chi connectivity index (χ3n) is 5.72. The zero-order valence-electron chi connectivity index (χ0n) is 17.9. The van der Waals surface area contributed by atoms with Gasteiger partial charge in [-0.3, -0.25) is 15.2 Å². The van der Waals surface area contributed by atoms with Crippen LogP contribution in [0.4, 0.5) is 5.82 Å². The van der Waals surface area contributed by atoms with E-state index in [-0.39, 0.29) is 16.6 Å². The average molecular weight is 459 g/mol. The number of aromatic nitrogens is 2. The maximum Gasteiger partial charge on any atom is 0.256 e. The molecule has 0 saturated heterocycles. The second-order valence-corrected chi connectivity index (χ2v) is 10.0. The molecule has 33 heavy (non-hydrogen) atoms. The van der Waals surface area contributed by atoms with E-state index in [1.165, 1.54) is 0 Å². The van der Waals surface area contributed by atoms with Crippen LogP contribution >= 0.6 is 0 Å². The quantitative estimate of drug-likeness (QED) is 0.416. The lowest BCUT2D eigenvalue weighted by Crippen LogP contribution is -2.24. The third-order valence-corrected chi connectivity index (χ3v) is 7.66. The lowest BCUT2D eigenvalue weighted by atomic mass is 10.0. The Bertz CT molecular complexity index is 1430. The molecule has 0 spiro atoms. The highest BCUT2D eigenvalue weighted by molar-refractivity contribution is 7.91. The van der Waals surface area contributed by atoms with Gasteiger partial charge >= 0.3 is 0 Å². The van der Waals surface area contributed by atoms with Gasteiger partial charge in [0.1, 0.15) is 5.37 Å². The molecule has 3 N–H and O–H groups in total. The summed E-state index contributed by atoms with van der Waals surface area (Å²) in [5.74, 6) is -0.143. The fourth-order valence-corrected chi connectivity index (χ4v) is 5.77. The second-order valence-electron chi connectivity index (χ2n) is 7.98. The number of anilines is 1. The van der Waals surface area contributed by atoms with E-state index in [0.717, 1.165) is 16.7 Å². The maximum atomic E-state index is 13.3. The summed E-state index contributed by atoms with van der Waals surface area (Å²) in [6, 6.07) is 23.9. The predicted octanol–water partition coefficient (Wildman–Crippen LogP) is 4.21. The smallest absolute Gasteiger partial charge is 0.256 e. The number of carbonyl (C=O) groups excluding carboxylic acids is 1. The minimum Gasteiger partial charge on any atom is -0.305 e. The van der Waals surface area contributed by atoms with Crippen molar-refractivity contribution in [2.24, 2.45) is 0 Å². The number of hydrogen-bond donors (Lipinski definition) is 3. The normalized spacial score (nSPS) is 15.2. The lowest BCUT2D eigenvalue weighted by Gasteiger charge is -2.15. The van der Waals surface area contributed by atoms with Gasteiger partial charge in [0.05, 0.1) is 16.2 Å². The molecule has 3 aromatic carbocycles. The summed E-state index contributed by atoms with van der Waals surface area (Å²) in [6.07, 6.45) is 0. The molecule has 0 saturated carbocycles. The van der Waals surface area contributed by atoms with Crippen LogP contribution < -0.4 is 10.6 Å². The number of amides is 1. The van der Waals surface area contributed by atoms with Gasteiger partial charge in [0.25, 0.3) is 5.91 Å². The van der Waals surface area contributed by atoms with Gasteiger partial charge < -0.3 is 5.32 Å². The van der Waals surface area contributed by atoms with Crippen LogP contribution in [0.15, 0.2) is 83.8 Å². The first-order valence-corrected chi connectivity index (χ1v) is 12.1. The molecule has 0 bridgehead atoms. The standard InChI is InChI=1S/C25H22N4O3S/c1-16-6-5-9-20(14-16)33(31,32)25-22-21(15-26-25)28-29-23(22)27-24(30)19-12-10-18(11-13-19)17-7-3-2-4-8-17/h2-14,25-26H,15H2,1H3,(H2,27,28,29,30). The molecule has 0 aliphatic carbocycles. The van der Waals surface area contributed by atoms with Gasteiger partial charge in [-0.15, -0.1) is 0 Å². The van der Waals surface area contributed by atoms with Crippen LogP contribution in [0.2, 0.25) is 0 Å². The van der Waals surface area contributed by atoms with Crippen LogP contribution in [0.5, 0.6) is 0 Å². The van der Waals surface area contributed by atoms with Crippen LogP contribution in [-0.2, 0) is 16.4 Å². The summed E-state index contributed by atoms with van der Waals surface area (Å²) in [6.45, 7) is 2.17. The second kappa shape index (κ2) is 8.31. The van der Waals surface area contributed by atoms with Crippen molar-refractivity contribution >= 4 is 21.6 Å². The first-order chi connectivity index (χ1) is 15.9. The van der Waals surface area contributed by atoms with Crippen LogP contribution in [0.25, 0.3) is 11.1 Å². The van der Waals surface area contributed by atoms with E-state index in [0.29, 0.717) is 23.4 Å². The van der Waals surface area contributed by atoms with Gasteiger partial charge in [0.15, 0.2) is 15.7 Å². The number of hydrogen-bond acceptors (Lipinski definition) is 5. The van der Waals surface area contributed by atoms with E-state index in [4.69, 9.17) is 0 Å². The van der Waals surface area contributed by atoms with Gasteiger partial charge in [0, 0.05) is 12.1 Å². The molecule has 1 aromatic heterocycles. The highest BCUT2D eigenvalue weighted by atomic mass is 32.2. The van der Waals surface area contributed by atoms with E-state index in [9.17, 15) is 13.2 Å². The molecule has 7 nitrogen and oxygen atoms in total. The highest BCUT2D eigenvalue weighted by Crippen LogP contribution is 2.37. The van der Waals surface area contributed by atoms with Gasteiger partial charge in [-0.1, -0.05) is 54.6 Å². The van der Waals surface area contributed by atoms with E-state index in [2.05, 4.69) is 20.8 Å². The van der Waals surface area contributed by atoms with E-state index in [1.807, 2.05) is 55.5 Å². The molecule has 0 radical (unpaired) electrons. The van der Waals surface area contributed by atoms with Crippen LogP contribution in [0.1, 0.15) is 32.6 Å². The number of H-pyrrole nitrogens is 1. The molecule has 8 heteroatoms. The molecule has 1 amide bonds. The molecule has 1 aliphatic rings. The zero-order chi connectivity index (χ0) is 23.0. The molecular formula is C25H22N4O3S. The van der Waals surface area contributed by atoms with E-state index < -0.39 is 15.2 Å². The number of sulfone groups is 1. The topological polar surface area (TPSA) is 104 Å². The molecule has 0 fully saturated rings. The van der Waals surface area contributed by atoms with Crippen molar-refractivity contribution in [3.8, 4) is 11.1 Å². The minimum atomic E-state index is -3.73. The Morgan fingerprint density at radius 1 is 0.970 bits per heavy atom. The monoisotopic (exact) mass is 458 g/mol. The summed E-state index contributed by atoms with van der Waals surface area (Å²) < 4.78 is 26.6. The zero-order valence-corrected chi connectivity index (χ0v) is 18.7. The van der Waals surface area contributed by atoms with Gasteiger partial charge in [-0.25, -0.2) is 8.42 Å². The van der Waals surface area contributed by atoms with Crippen molar-refractivity contribution in [1.29, 1.82) is 0 Å². The van der Waals surface area contributed by atoms with Gasteiger partial charge in [-0.2, -0.15) is 5.10 Å². The molecule has 1 atom stereocenters. The highest BCUT2D eigenvalue weighted by Gasteiger charge is 2.39.